The molecule has 3 heterocycles. The molecule has 5 aromatic rings. The number of alkyl halides is 3. The number of nitrogens with zero attached hydrogens (tertiary/aromatic N) is 5. The first-order valence-corrected chi connectivity index (χ1v) is 11.5. The van der Waals surface area contributed by atoms with Crippen molar-refractivity contribution in [3.05, 3.63) is 93.7 Å². The molecule has 178 valence electrons. The molecule has 2 aromatic carbocycles. The molecule has 11 heteroatoms. The van der Waals surface area contributed by atoms with E-state index in [9.17, 15) is 18.0 Å². The average Bonchev–Trinajstić information content (AvgIpc) is 3.42. The van der Waals surface area contributed by atoms with Gasteiger partial charge in [0.15, 0.2) is 5.16 Å². The topological polar surface area (TPSA) is 78.2 Å². The molecule has 3 aromatic heterocycles. The maximum absolute atomic E-state index is 13.3. The molecule has 0 aliphatic carbocycles. The highest BCUT2D eigenvalue weighted by Gasteiger charge is 2.33. The van der Waals surface area contributed by atoms with Crippen LogP contribution < -0.4 is 5.56 Å². The summed E-state index contributed by atoms with van der Waals surface area (Å²) in [5.41, 5.74) is 1.28. The minimum atomic E-state index is -4.52. The highest BCUT2D eigenvalue weighted by atomic mass is 32.2. The number of benzene rings is 2. The molecule has 0 saturated heterocycles. The Hall–Kier alpha value is -3.86. The van der Waals surface area contributed by atoms with Crippen molar-refractivity contribution >= 4 is 17.4 Å². The quantitative estimate of drug-likeness (QED) is 0.300. The first-order chi connectivity index (χ1) is 16.8. The van der Waals surface area contributed by atoms with Gasteiger partial charge in [0.2, 0.25) is 5.65 Å². The molecule has 0 spiro atoms. The van der Waals surface area contributed by atoms with Crippen molar-refractivity contribution in [3.63, 3.8) is 0 Å². The fourth-order valence-electron chi connectivity index (χ4n) is 3.87. The SMILES string of the molecule is Cc1onc(-c2ccccc2)c1CSc1nnc2c(=O)n(-c3cccc(C(F)(F)F)c3C)ccn12. The van der Waals surface area contributed by atoms with Gasteiger partial charge in [-0.3, -0.25) is 13.8 Å². The number of rotatable bonds is 5. The van der Waals surface area contributed by atoms with Gasteiger partial charge >= 0.3 is 11.7 Å². The molecule has 0 bridgehead atoms. The molecule has 0 radical (unpaired) electrons. The van der Waals surface area contributed by atoms with E-state index in [4.69, 9.17) is 4.52 Å². The van der Waals surface area contributed by atoms with E-state index in [1.165, 1.54) is 41.4 Å². The largest absolute Gasteiger partial charge is 0.416 e. The summed E-state index contributed by atoms with van der Waals surface area (Å²) in [5.74, 6) is 1.14. The molecule has 0 fully saturated rings. The number of fused-ring (bicyclic) bond motifs is 1. The molecular weight excluding hydrogens is 479 g/mol. The molecule has 5 rings (SSSR count). The van der Waals surface area contributed by atoms with Gasteiger partial charge in [-0.05, 0) is 31.5 Å². The van der Waals surface area contributed by atoms with Crippen LogP contribution in [0.5, 0.6) is 0 Å². The Kier molecular flexibility index (Phi) is 5.72. The van der Waals surface area contributed by atoms with Crippen LogP contribution in [0.15, 0.2) is 75.4 Å². The van der Waals surface area contributed by atoms with Crippen molar-refractivity contribution in [1.82, 2.24) is 24.3 Å². The minimum Gasteiger partial charge on any atom is -0.361 e. The summed E-state index contributed by atoms with van der Waals surface area (Å²) in [4.78, 5) is 13.1. The van der Waals surface area contributed by atoms with E-state index >= 15 is 0 Å². The molecule has 0 atom stereocenters. The summed E-state index contributed by atoms with van der Waals surface area (Å²) in [5, 5.41) is 12.8. The molecule has 35 heavy (non-hydrogen) atoms. The second kappa shape index (κ2) is 8.73. The van der Waals surface area contributed by atoms with Crippen LogP contribution in [-0.4, -0.2) is 24.3 Å². The van der Waals surface area contributed by atoms with E-state index in [2.05, 4.69) is 15.4 Å². The number of halogens is 3. The lowest BCUT2D eigenvalue weighted by Crippen LogP contribution is -2.22. The van der Waals surface area contributed by atoms with E-state index in [1.807, 2.05) is 37.3 Å². The van der Waals surface area contributed by atoms with Crippen molar-refractivity contribution < 1.29 is 17.7 Å². The standard InChI is InChI=1S/C24H18F3N5O2S/c1-14-18(24(25,26)27)9-6-10-19(14)31-11-12-32-21(22(31)33)28-29-23(32)35-13-17-15(2)34-30-20(17)16-7-4-3-5-8-16/h3-12H,13H2,1-2H3. The highest BCUT2D eigenvalue weighted by molar-refractivity contribution is 7.98. The van der Waals surface area contributed by atoms with Crippen LogP contribution in [-0.2, 0) is 11.9 Å². The molecule has 0 aliphatic rings. The number of hydrogen-bond acceptors (Lipinski definition) is 6. The molecule has 0 amide bonds. The molecule has 0 unspecified atom stereocenters. The fraction of sp³-hybridized carbons (Fsp3) is 0.167. The van der Waals surface area contributed by atoms with Gasteiger partial charge < -0.3 is 4.52 Å². The first-order valence-electron chi connectivity index (χ1n) is 10.5. The molecule has 0 saturated carbocycles. The van der Waals surface area contributed by atoms with Crippen LogP contribution in [0.4, 0.5) is 13.2 Å². The van der Waals surface area contributed by atoms with Crippen molar-refractivity contribution in [2.75, 3.05) is 0 Å². The summed E-state index contributed by atoms with van der Waals surface area (Å²) in [6.45, 7) is 3.17. The number of thioether (sulfide) groups is 1. The summed E-state index contributed by atoms with van der Waals surface area (Å²) in [6, 6.07) is 13.4. The lowest BCUT2D eigenvalue weighted by molar-refractivity contribution is -0.138. The van der Waals surface area contributed by atoms with Gasteiger partial charge in [0.05, 0.1) is 11.3 Å². The van der Waals surface area contributed by atoms with Crippen molar-refractivity contribution in [2.45, 2.75) is 30.9 Å². The third-order valence-corrected chi connectivity index (χ3v) is 6.66. The maximum Gasteiger partial charge on any atom is 0.416 e. The van der Waals surface area contributed by atoms with Gasteiger partial charge in [0.25, 0.3) is 0 Å². The van der Waals surface area contributed by atoms with Gasteiger partial charge in [-0.2, -0.15) is 13.2 Å². The lowest BCUT2D eigenvalue weighted by Gasteiger charge is -2.15. The number of hydrogen-bond donors (Lipinski definition) is 0. The lowest BCUT2D eigenvalue weighted by atomic mass is 10.1. The molecule has 0 aliphatic heterocycles. The predicted molar refractivity (Wildman–Crippen MR) is 125 cm³/mol. The molecule has 7 nitrogen and oxygen atoms in total. The van der Waals surface area contributed by atoms with Crippen molar-refractivity contribution in [2.24, 2.45) is 0 Å². The van der Waals surface area contributed by atoms with E-state index in [-0.39, 0.29) is 16.9 Å². The van der Waals surface area contributed by atoms with E-state index in [0.29, 0.717) is 16.7 Å². The van der Waals surface area contributed by atoms with Crippen LogP contribution >= 0.6 is 11.8 Å². The minimum absolute atomic E-state index is 0.0112. The van der Waals surface area contributed by atoms with Gasteiger partial charge in [-0.25, -0.2) is 0 Å². The molecule has 0 N–H and O–H groups in total. The van der Waals surface area contributed by atoms with Crippen molar-refractivity contribution in [3.8, 4) is 16.9 Å². The zero-order valence-corrected chi connectivity index (χ0v) is 19.4. The third-order valence-electron chi connectivity index (χ3n) is 5.69. The van der Waals surface area contributed by atoms with Crippen LogP contribution in [0.3, 0.4) is 0 Å². The average molecular weight is 498 g/mol. The Balaban J connectivity index is 1.48. The fourth-order valence-corrected chi connectivity index (χ4v) is 4.86. The summed E-state index contributed by atoms with van der Waals surface area (Å²) in [6.07, 6.45) is -1.53. The Morgan fingerprint density at radius 2 is 1.77 bits per heavy atom. The highest BCUT2D eigenvalue weighted by Crippen LogP contribution is 2.34. The first kappa shape index (κ1) is 22.9. The monoisotopic (exact) mass is 497 g/mol. The zero-order valence-electron chi connectivity index (χ0n) is 18.6. The third kappa shape index (κ3) is 4.12. The van der Waals surface area contributed by atoms with Gasteiger partial charge in [0, 0.05) is 29.3 Å². The van der Waals surface area contributed by atoms with Crippen LogP contribution in [0.1, 0.15) is 22.5 Å². The Morgan fingerprint density at radius 1 is 1.00 bits per heavy atom. The Labute approximate surface area is 201 Å². The van der Waals surface area contributed by atoms with Gasteiger partial charge in [0.1, 0.15) is 11.5 Å². The summed E-state index contributed by atoms with van der Waals surface area (Å²) in [7, 11) is 0. The van der Waals surface area contributed by atoms with E-state index in [0.717, 1.165) is 27.5 Å². The summed E-state index contributed by atoms with van der Waals surface area (Å²) < 4.78 is 48.1. The number of aryl methyl sites for hydroxylation is 1. The zero-order chi connectivity index (χ0) is 24.7. The van der Waals surface area contributed by atoms with Gasteiger partial charge in [-0.15, -0.1) is 10.2 Å². The second-order valence-electron chi connectivity index (χ2n) is 7.82. The summed E-state index contributed by atoms with van der Waals surface area (Å²) >= 11 is 1.35. The Morgan fingerprint density at radius 3 is 2.51 bits per heavy atom. The van der Waals surface area contributed by atoms with Gasteiger partial charge in [-0.1, -0.05) is 53.3 Å². The maximum atomic E-state index is 13.3. The van der Waals surface area contributed by atoms with E-state index < -0.39 is 17.3 Å². The van der Waals surface area contributed by atoms with Crippen LogP contribution in [0.2, 0.25) is 0 Å². The normalized spacial score (nSPS) is 11.9. The smallest absolute Gasteiger partial charge is 0.361 e. The molecular formula is C24H18F3N5O2S. The number of aromatic nitrogens is 5. The van der Waals surface area contributed by atoms with Crippen molar-refractivity contribution in [1.29, 1.82) is 0 Å². The van der Waals surface area contributed by atoms with Crippen LogP contribution in [0, 0.1) is 13.8 Å². The van der Waals surface area contributed by atoms with E-state index in [1.54, 1.807) is 6.20 Å². The van der Waals surface area contributed by atoms with Crippen LogP contribution in [0.25, 0.3) is 22.6 Å². The predicted octanol–water partition coefficient (Wildman–Crippen LogP) is 5.46. The Bertz CT molecular complexity index is 1590. The second-order valence-corrected chi connectivity index (χ2v) is 8.76.